The molecule has 19 heavy (non-hydrogen) atoms. The standard InChI is InChI=1S/C17H32O2/c1-4-5-14-7-9-16(18)17(11-14)19-15-8-6-12(2)13(3)10-15/h12-18H,4-11H2,1-3H3. The molecule has 0 aromatic rings. The van der Waals surface area contributed by atoms with E-state index in [9.17, 15) is 5.11 Å². The van der Waals surface area contributed by atoms with Gasteiger partial charge in [0.15, 0.2) is 0 Å². The summed E-state index contributed by atoms with van der Waals surface area (Å²) in [6.07, 6.45) is 9.69. The normalized spacial score (nSPS) is 44.2. The molecule has 2 rings (SSSR count). The molecule has 112 valence electrons. The molecular weight excluding hydrogens is 236 g/mol. The predicted molar refractivity (Wildman–Crippen MR) is 79.1 cm³/mol. The van der Waals surface area contributed by atoms with E-state index in [4.69, 9.17) is 4.74 Å². The van der Waals surface area contributed by atoms with Crippen LogP contribution in [-0.4, -0.2) is 23.4 Å². The van der Waals surface area contributed by atoms with E-state index in [2.05, 4.69) is 20.8 Å². The Morgan fingerprint density at radius 1 is 1.00 bits per heavy atom. The molecule has 1 N–H and O–H groups in total. The van der Waals surface area contributed by atoms with Crippen LogP contribution in [0.15, 0.2) is 0 Å². The lowest BCUT2D eigenvalue weighted by Crippen LogP contribution is -2.40. The Morgan fingerprint density at radius 2 is 1.79 bits per heavy atom. The molecule has 2 aliphatic rings. The maximum atomic E-state index is 10.2. The van der Waals surface area contributed by atoms with E-state index in [1.165, 1.54) is 38.5 Å². The summed E-state index contributed by atoms with van der Waals surface area (Å²) >= 11 is 0. The number of ether oxygens (including phenoxy) is 1. The van der Waals surface area contributed by atoms with Gasteiger partial charge in [-0.2, -0.15) is 0 Å². The number of aliphatic hydroxyl groups is 1. The van der Waals surface area contributed by atoms with E-state index in [1.54, 1.807) is 0 Å². The zero-order valence-electron chi connectivity index (χ0n) is 13.0. The zero-order valence-corrected chi connectivity index (χ0v) is 13.0. The van der Waals surface area contributed by atoms with Gasteiger partial charge < -0.3 is 9.84 Å². The van der Waals surface area contributed by atoms with E-state index in [1.807, 2.05) is 0 Å². The second-order valence-electron chi connectivity index (χ2n) is 7.10. The van der Waals surface area contributed by atoms with Crippen LogP contribution in [0.5, 0.6) is 0 Å². The lowest BCUT2D eigenvalue weighted by Gasteiger charge is -2.39. The molecule has 2 aliphatic carbocycles. The summed E-state index contributed by atoms with van der Waals surface area (Å²) in [5.41, 5.74) is 0. The summed E-state index contributed by atoms with van der Waals surface area (Å²) < 4.78 is 6.29. The highest BCUT2D eigenvalue weighted by molar-refractivity contribution is 4.83. The van der Waals surface area contributed by atoms with Crippen molar-refractivity contribution in [1.29, 1.82) is 0 Å². The third-order valence-electron chi connectivity index (χ3n) is 5.48. The fraction of sp³-hybridized carbons (Fsp3) is 1.00. The molecule has 2 saturated carbocycles. The first kappa shape index (κ1) is 15.3. The minimum Gasteiger partial charge on any atom is -0.390 e. The van der Waals surface area contributed by atoms with Crippen LogP contribution in [-0.2, 0) is 4.74 Å². The SMILES string of the molecule is CCCC1CCC(O)C(OC2CCC(C)C(C)C2)C1. The molecule has 0 heterocycles. The fourth-order valence-corrected chi connectivity index (χ4v) is 3.88. The third-order valence-corrected chi connectivity index (χ3v) is 5.48. The van der Waals surface area contributed by atoms with Crippen LogP contribution < -0.4 is 0 Å². The van der Waals surface area contributed by atoms with E-state index >= 15 is 0 Å². The van der Waals surface area contributed by atoms with Crippen LogP contribution in [0.3, 0.4) is 0 Å². The molecule has 0 aromatic carbocycles. The summed E-state index contributed by atoms with van der Waals surface area (Å²) in [5.74, 6) is 2.38. The molecule has 6 unspecified atom stereocenters. The monoisotopic (exact) mass is 268 g/mol. The van der Waals surface area contributed by atoms with Gasteiger partial charge in [0.2, 0.25) is 0 Å². The van der Waals surface area contributed by atoms with Crippen LogP contribution >= 0.6 is 0 Å². The molecule has 0 radical (unpaired) electrons. The molecule has 2 nitrogen and oxygen atoms in total. The van der Waals surface area contributed by atoms with Crippen molar-refractivity contribution in [2.75, 3.05) is 0 Å². The first-order valence-electron chi connectivity index (χ1n) is 8.43. The summed E-state index contributed by atoms with van der Waals surface area (Å²) in [5, 5.41) is 10.2. The van der Waals surface area contributed by atoms with Crippen molar-refractivity contribution < 1.29 is 9.84 Å². The van der Waals surface area contributed by atoms with Gasteiger partial charge in [-0.1, -0.05) is 33.6 Å². The van der Waals surface area contributed by atoms with E-state index in [0.717, 1.165) is 30.6 Å². The first-order valence-corrected chi connectivity index (χ1v) is 8.43. The number of aliphatic hydroxyl groups excluding tert-OH is 1. The van der Waals surface area contributed by atoms with Crippen LogP contribution in [0.2, 0.25) is 0 Å². The van der Waals surface area contributed by atoms with Gasteiger partial charge in [0.05, 0.1) is 18.3 Å². The van der Waals surface area contributed by atoms with Gasteiger partial charge in [0.25, 0.3) is 0 Å². The van der Waals surface area contributed by atoms with Gasteiger partial charge in [-0.3, -0.25) is 0 Å². The van der Waals surface area contributed by atoms with Crippen molar-refractivity contribution in [2.24, 2.45) is 17.8 Å². The van der Waals surface area contributed by atoms with Gasteiger partial charge in [0, 0.05) is 0 Å². The second kappa shape index (κ2) is 7.08. The molecular formula is C17H32O2. The summed E-state index contributed by atoms with van der Waals surface area (Å²) in [7, 11) is 0. The van der Waals surface area contributed by atoms with Crippen LogP contribution in [0, 0.1) is 17.8 Å². The molecule has 6 atom stereocenters. The Bertz CT molecular complexity index is 266. The Kier molecular flexibility index (Phi) is 5.70. The summed E-state index contributed by atoms with van der Waals surface area (Å²) in [6, 6.07) is 0. The van der Waals surface area contributed by atoms with Crippen molar-refractivity contribution >= 4 is 0 Å². The molecule has 0 aromatic heterocycles. The number of hydrogen-bond acceptors (Lipinski definition) is 2. The molecule has 0 aliphatic heterocycles. The zero-order chi connectivity index (χ0) is 13.8. The van der Waals surface area contributed by atoms with Crippen molar-refractivity contribution in [3.63, 3.8) is 0 Å². The minimum absolute atomic E-state index is 0.107. The topological polar surface area (TPSA) is 29.5 Å². The van der Waals surface area contributed by atoms with Gasteiger partial charge in [-0.25, -0.2) is 0 Å². The predicted octanol–water partition coefficient (Wildman–Crippen LogP) is 4.16. The Morgan fingerprint density at radius 3 is 2.47 bits per heavy atom. The molecule has 0 spiro atoms. The van der Waals surface area contributed by atoms with Gasteiger partial charge in [-0.15, -0.1) is 0 Å². The average Bonchev–Trinajstić information content (AvgIpc) is 2.38. The highest BCUT2D eigenvalue weighted by Crippen LogP contribution is 2.35. The maximum absolute atomic E-state index is 10.2. The highest BCUT2D eigenvalue weighted by Gasteiger charge is 2.33. The molecule has 2 heteroatoms. The van der Waals surface area contributed by atoms with Crippen molar-refractivity contribution in [3.05, 3.63) is 0 Å². The van der Waals surface area contributed by atoms with Crippen molar-refractivity contribution in [1.82, 2.24) is 0 Å². The molecule has 0 bridgehead atoms. The Balaban J connectivity index is 1.83. The van der Waals surface area contributed by atoms with Crippen LogP contribution in [0.25, 0.3) is 0 Å². The van der Waals surface area contributed by atoms with Gasteiger partial charge in [0.1, 0.15) is 0 Å². The van der Waals surface area contributed by atoms with Crippen LogP contribution in [0.4, 0.5) is 0 Å². The Labute approximate surface area is 118 Å². The molecule has 2 fully saturated rings. The quantitative estimate of drug-likeness (QED) is 0.829. The first-order chi connectivity index (χ1) is 9.10. The number of hydrogen-bond donors (Lipinski definition) is 1. The lowest BCUT2D eigenvalue weighted by atomic mass is 9.79. The van der Waals surface area contributed by atoms with E-state index < -0.39 is 0 Å². The largest absolute Gasteiger partial charge is 0.390 e. The Hall–Kier alpha value is -0.0800. The van der Waals surface area contributed by atoms with Crippen molar-refractivity contribution in [2.45, 2.75) is 90.4 Å². The number of rotatable bonds is 4. The van der Waals surface area contributed by atoms with Crippen LogP contribution in [0.1, 0.15) is 72.1 Å². The maximum Gasteiger partial charge on any atom is 0.0840 e. The summed E-state index contributed by atoms with van der Waals surface area (Å²) in [6.45, 7) is 6.95. The highest BCUT2D eigenvalue weighted by atomic mass is 16.5. The van der Waals surface area contributed by atoms with E-state index in [0.29, 0.717) is 6.10 Å². The van der Waals surface area contributed by atoms with Gasteiger partial charge >= 0.3 is 0 Å². The third kappa shape index (κ3) is 4.19. The summed E-state index contributed by atoms with van der Waals surface area (Å²) in [4.78, 5) is 0. The average molecular weight is 268 g/mol. The van der Waals surface area contributed by atoms with E-state index in [-0.39, 0.29) is 12.2 Å². The fourth-order valence-electron chi connectivity index (χ4n) is 3.88. The van der Waals surface area contributed by atoms with Gasteiger partial charge in [-0.05, 0) is 56.3 Å². The smallest absolute Gasteiger partial charge is 0.0840 e. The van der Waals surface area contributed by atoms with Crippen molar-refractivity contribution in [3.8, 4) is 0 Å². The second-order valence-corrected chi connectivity index (χ2v) is 7.10. The molecule has 0 saturated heterocycles. The molecule has 0 amide bonds. The lowest BCUT2D eigenvalue weighted by molar-refractivity contribution is -0.120. The minimum atomic E-state index is -0.220.